The van der Waals surface area contributed by atoms with Crippen LogP contribution in [0.2, 0.25) is 0 Å². The molecule has 0 aromatic carbocycles. The minimum Gasteiger partial charge on any atom is -0.399 e. The minimum atomic E-state index is -0.567. The molecule has 2 rings (SSSR count). The average molecular weight is 221 g/mol. The smallest absolute Gasteiger partial charge is 0.399 e. The van der Waals surface area contributed by atoms with Gasteiger partial charge < -0.3 is 4.42 Å². The fourth-order valence-corrected chi connectivity index (χ4v) is 1.32. The molecule has 84 valence electrons. The van der Waals surface area contributed by atoms with E-state index in [1.807, 2.05) is 20.0 Å². The summed E-state index contributed by atoms with van der Waals surface area (Å²) < 4.78 is 6.82. The summed E-state index contributed by atoms with van der Waals surface area (Å²) in [7, 11) is 0. The first kappa shape index (κ1) is 10.4. The van der Waals surface area contributed by atoms with E-state index < -0.39 is 4.92 Å². The summed E-state index contributed by atoms with van der Waals surface area (Å²) in [5, 5.41) is 14.7. The lowest BCUT2D eigenvalue weighted by atomic mass is 10.3. The Labute approximate surface area is 91.6 Å². The van der Waals surface area contributed by atoms with Crippen molar-refractivity contribution in [2.75, 3.05) is 0 Å². The second kappa shape index (κ2) is 3.80. The van der Waals surface area contributed by atoms with Crippen LogP contribution < -0.4 is 0 Å². The molecule has 0 unspecified atom stereocenters. The van der Waals surface area contributed by atoms with Crippen LogP contribution >= 0.6 is 0 Å². The van der Waals surface area contributed by atoms with E-state index in [0.717, 1.165) is 0 Å². The molecule has 0 fully saturated rings. The molecule has 6 nitrogen and oxygen atoms in total. The standard InChI is InChI=1S/C10H11N3O3/c1-7(2)12-6-5-8(11-12)9-3-4-10(16-9)13(14)15/h3-7H,1-2H3. The van der Waals surface area contributed by atoms with Crippen LogP contribution in [0.4, 0.5) is 5.88 Å². The van der Waals surface area contributed by atoms with Crippen LogP contribution in [-0.4, -0.2) is 14.7 Å². The van der Waals surface area contributed by atoms with E-state index >= 15 is 0 Å². The lowest BCUT2D eigenvalue weighted by Crippen LogP contribution is -2.00. The average Bonchev–Trinajstić information content (AvgIpc) is 2.86. The Hall–Kier alpha value is -2.11. The Morgan fingerprint density at radius 1 is 1.44 bits per heavy atom. The van der Waals surface area contributed by atoms with Gasteiger partial charge >= 0.3 is 5.88 Å². The molecule has 0 radical (unpaired) electrons. The fourth-order valence-electron chi connectivity index (χ4n) is 1.32. The highest BCUT2D eigenvalue weighted by atomic mass is 16.6. The van der Waals surface area contributed by atoms with Crippen LogP contribution in [0.5, 0.6) is 0 Å². The first-order chi connectivity index (χ1) is 7.58. The van der Waals surface area contributed by atoms with Gasteiger partial charge in [-0.2, -0.15) is 5.10 Å². The lowest BCUT2D eigenvalue weighted by molar-refractivity contribution is -0.401. The van der Waals surface area contributed by atoms with Gasteiger partial charge in [0.05, 0.1) is 6.07 Å². The molecular weight excluding hydrogens is 210 g/mol. The summed E-state index contributed by atoms with van der Waals surface area (Å²) in [6.07, 6.45) is 1.81. The third-order valence-electron chi connectivity index (χ3n) is 2.16. The van der Waals surface area contributed by atoms with Gasteiger partial charge in [0, 0.05) is 12.2 Å². The molecule has 0 bridgehead atoms. The van der Waals surface area contributed by atoms with Crippen LogP contribution in [0.25, 0.3) is 11.5 Å². The molecule has 2 aromatic heterocycles. The number of rotatable bonds is 3. The van der Waals surface area contributed by atoms with Gasteiger partial charge in [-0.05, 0) is 26.0 Å². The number of furan rings is 1. The van der Waals surface area contributed by atoms with Crippen molar-refractivity contribution >= 4 is 5.88 Å². The van der Waals surface area contributed by atoms with Crippen molar-refractivity contribution in [2.45, 2.75) is 19.9 Å². The van der Waals surface area contributed by atoms with E-state index in [2.05, 4.69) is 5.10 Å². The monoisotopic (exact) mass is 221 g/mol. The summed E-state index contributed by atoms with van der Waals surface area (Å²) in [6.45, 7) is 4.00. The second-order valence-corrected chi connectivity index (χ2v) is 3.67. The zero-order chi connectivity index (χ0) is 11.7. The molecular formula is C10H11N3O3. The SMILES string of the molecule is CC(C)n1ccc(-c2ccc([N+](=O)[O-])o2)n1. The maximum atomic E-state index is 10.4. The molecule has 0 amide bonds. The van der Waals surface area contributed by atoms with Crippen LogP contribution in [0.15, 0.2) is 28.8 Å². The van der Waals surface area contributed by atoms with Gasteiger partial charge in [-0.1, -0.05) is 0 Å². The highest BCUT2D eigenvalue weighted by Crippen LogP contribution is 2.24. The van der Waals surface area contributed by atoms with Crippen molar-refractivity contribution in [1.29, 1.82) is 0 Å². The van der Waals surface area contributed by atoms with Crippen molar-refractivity contribution in [3.63, 3.8) is 0 Å². The van der Waals surface area contributed by atoms with Crippen molar-refractivity contribution in [2.24, 2.45) is 0 Å². The van der Waals surface area contributed by atoms with Crippen LogP contribution in [0.1, 0.15) is 19.9 Å². The Balaban J connectivity index is 2.31. The summed E-state index contributed by atoms with van der Waals surface area (Å²) >= 11 is 0. The molecule has 0 saturated carbocycles. The molecule has 2 heterocycles. The molecule has 0 N–H and O–H groups in total. The molecule has 0 aliphatic rings. The third-order valence-corrected chi connectivity index (χ3v) is 2.16. The Morgan fingerprint density at radius 3 is 2.69 bits per heavy atom. The van der Waals surface area contributed by atoms with E-state index in [9.17, 15) is 10.1 Å². The predicted molar refractivity (Wildman–Crippen MR) is 57.0 cm³/mol. The molecule has 2 aromatic rings. The van der Waals surface area contributed by atoms with E-state index in [1.165, 1.54) is 6.07 Å². The van der Waals surface area contributed by atoms with E-state index in [0.29, 0.717) is 11.5 Å². The first-order valence-electron chi connectivity index (χ1n) is 4.87. The molecule has 0 atom stereocenters. The van der Waals surface area contributed by atoms with Gasteiger partial charge in [0.2, 0.25) is 0 Å². The van der Waals surface area contributed by atoms with E-state index in [4.69, 9.17) is 4.42 Å². The van der Waals surface area contributed by atoms with Crippen LogP contribution in [0.3, 0.4) is 0 Å². The third kappa shape index (κ3) is 1.81. The highest BCUT2D eigenvalue weighted by molar-refractivity contribution is 5.52. The van der Waals surface area contributed by atoms with Crippen molar-refractivity contribution in [1.82, 2.24) is 9.78 Å². The molecule has 0 spiro atoms. The second-order valence-electron chi connectivity index (χ2n) is 3.67. The minimum absolute atomic E-state index is 0.249. The van der Waals surface area contributed by atoms with E-state index in [-0.39, 0.29) is 11.9 Å². The zero-order valence-corrected chi connectivity index (χ0v) is 8.95. The quantitative estimate of drug-likeness (QED) is 0.589. The maximum absolute atomic E-state index is 10.4. The zero-order valence-electron chi connectivity index (χ0n) is 8.95. The first-order valence-corrected chi connectivity index (χ1v) is 4.87. The topological polar surface area (TPSA) is 74.1 Å². The van der Waals surface area contributed by atoms with Crippen LogP contribution in [0, 0.1) is 10.1 Å². The van der Waals surface area contributed by atoms with Crippen LogP contribution in [-0.2, 0) is 0 Å². The molecule has 6 heteroatoms. The Morgan fingerprint density at radius 2 is 2.19 bits per heavy atom. The number of nitrogens with zero attached hydrogens (tertiary/aromatic N) is 3. The maximum Gasteiger partial charge on any atom is 0.433 e. The summed E-state index contributed by atoms with van der Waals surface area (Å²) in [5.74, 6) is 0.139. The van der Waals surface area contributed by atoms with Crippen molar-refractivity contribution in [3.8, 4) is 11.5 Å². The molecule has 0 saturated heterocycles. The number of aromatic nitrogens is 2. The van der Waals surface area contributed by atoms with Crippen molar-refractivity contribution in [3.05, 3.63) is 34.5 Å². The Bertz CT molecular complexity index is 513. The highest BCUT2D eigenvalue weighted by Gasteiger charge is 2.14. The number of nitro groups is 1. The van der Waals surface area contributed by atoms with E-state index in [1.54, 1.807) is 16.8 Å². The summed E-state index contributed by atoms with van der Waals surface area (Å²) in [6, 6.07) is 4.89. The van der Waals surface area contributed by atoms with Gasteiger partial charge in [-0.15, -0.1) is 0 Å². The Kier molecular flexibility index (Phi) is 2.47. The van der Waals surface area contributed by atoms with Gasteiger partial charge in [0.15, 0.2) is 5.76 Å². The van der Waals surface area contributed by atoms with Gasteiger partial charge in [0.25, 0.3) is 0 Å². The lowest BCUT2D eigenvalue weighted by Gasteiger charge is -2.02. The van der Waals surface area contributed by atoms with Gasteiger partial charge in [0.1, 0.15) is 10.6 Å². The summed E-state index contributed by atoms with van der Waals surface area (Å²) in [5.41, 5.74) is 0.599. The normalized spacial score (nSPS) is 10.9. The predicted octanol–water partition coefficient (Wildman–Crippen LogP) is 2.63. The fraction of sp³-hybridized carbons (Fsp3) is 0.300. The largest absolute Gasteiger partial charge is 0.433 e. The molecule has 0 aliphatic heterocycles. The van der Waals surface area contributed by atoms with Gasteiger partial charge in [-0.3, -0.25) is 14.8 Å². The number of hydrogen-bond donors (Lipinski definition) is 0. The summed E-state index contributed by atoms with van der Waals surface area (Å²) in [4.78, 5) is 9.88. The van der Waals surface area contributed by atoms with Crippen molar-refractivity contribution < 1.29 is 9.34 Å². The molecule has 16 heavy (non-hydrogen) atoms. The number of hydrogen-bond acceptors (Lipinski definition) is 4. The van der Waals surface area contributed by atoms with Gasteiger partial charge in [-0.25, -0.2) is 0 Å². The molecule has 0 aliphatic carbocycles.